The average molecular weight is 567 g/mol. The zero-order valence-corrected chi connectivity index (χ0v) is 15.7. The number of alkyl halides is 17. The molecule has 0 unspecified atom stereocenters. The largest absolute Gasteiger partial charge is 0.480 e. The number of hydrogen-bond acceptors (Lipinski definition) is 4. The number of aliphatic hydroxyl groups is 2. The first-order chi connectivity index (χ1) is 15.0. The van der Waals surface area contributed by atoms with Gasteiger partial charge in [0.15, 0.2) is 0 Å². The molecule has 0 aromatic carbocycles. The van der Waals surface area contributed by atoms with Gasteiger partial charge < -0.3 is 15.3 Å². The van der Waals surface area contributed by atoms with Crippen LogP contribution in [-0.4, -0.2) is 94.2 Å². The molecule has 0 heterocycles. The highest BCUT2D eigenvalue weighted by molar-refractivity contribution is 5.73. The van der Waals surface area contributed by atoms with E-state index in [1.165, 1.54) is 0 Å². The van der Waals surface area contributed by atoms with Crippen molar-refractivity contribution in [1.29, 1.82) is 0 Å². The van der Waals surface area contributed by atoms with Crippen molar-refractivity contribution in [1.82, 2.24) is 5.32 Å². The number of halogens is 17. The summed E-state index contributed by atoms with van der Waals surface area (Å²) in [6.45, 7) is -3.88. The normalized spacial score (nSPS) is 17.3. The van der Waals surface area contributed by atoms with E-state index in [2.05, 4.69) is 0 Å². The Morgan fingerprint density at radius 2 is 0.943 bits per heavy atom. The Morgan fingerprint density at radius 1 is 0.629 bits per heavy atom. The third-order valence-corrected chi connectivity index (χ3v) is 4.20. The molecule has 22 heteroatoms. The van der Waals surface area contributed by atoms with Gasteiger partial charge in [-0.2, -0.15) is 74.6 Å². The van der Waals surface area contributed by atoms with Crippen molar-refractivity contribution in [3.05, 3.63) is 0 Å². The van der Waals surface area contributed by atoms with E-state index in [-0.39, 0.29) is 0 Å². The maximum Gasteiger partial charge on any atom is 0.460 e. The van der Waals surface area contributed by atoms with Crippen molar-refractivity contribution in [3.8, 4) is 0 Å². The van der Waals surface area contributed by atoms with E-state index in [1.807, 2.05) is 0 Å². The Bertz CT molecular complexity index is 766. The van der Waals surface area contributed by atoms with E-state index in [0.717, 1.165) is 5.32 Å². The monoisotopic (exact) mass is 567 g/mol. The number of nitrogens with one attached hydrogen (secondary N) is 1. The zero-order chi connectivity index (χ0) is 28.9. The van der Waals surface area contributed by atoms with E-state index >= 15 is 0 Å². The average Bonchev–Trinajstić information content (AvgIpc) is 2.65. The number of hydrogen-bond donors (Lipinski definition) is 4. The van der Waals surface area contributed by atoms with Gasteiger partial charge in [-0.25, -0.2) is 0 Å². The summed E-state index contributed by atoms with van der Waals surface area (Å²) in [6, 6.07) is -2.41. The summed E-state index contributed by atoms with van der Waals surface area (Å²) in [5.74, 6) is -60.5. The van der Waals surface area contributed by atoms with Gasteiger partial charge in [-0.05, 0) is 0 Å². The molecule has 4 N–H and O–H groups in total. The maximum atomic E-state index is 13.7. The van der Waals surface area contributed by atoms with Crippen molar-refractivity contribution in [2.45, 2.75) is 59.8 Å². The number of carbonyl (C=O) groups is 1. The molecule has 0 spiro atoms. The summed E-state index contributed by atoms with van der Waals surface area (Å²) in [4.78, 5) is 10.5. The smallest absolute Gasteiger partial charge is 0.460 e. The molecule has 0 aromatic heterocycles. The number of aliphatic carboxylic acids is 1. The second-order valence-corrected chi connectivity index (χ2v) is 6.56. The highest BCUT2D eigenvalue weighted by Crippen LogP contribution is 2.64. The molecule has 0 aromatic rings. The summed E-state index contributed by atoms with van der Waals surface area (Å²) >= 11 is 0. The van der Waals surface area contributed by atoms with E-state index in [4.69, 9.17) is 15.3 Å². The molecule has 0 aliphatic rings. The molecule has 2 atom stereocenters. The summed E-state index contributed by atoms with van der Waals surface area (Å²) < 4.78 is 222. The van der Waals surface area contributed by atoms with E-state index in [9.17, 15) is 79.4 Å². The molecule has 0 bridgehead atoms. The third kappa shape index (κ3) is 4.79. The number of aliphatic hydroxyl groups excluding tert-OH is 2. The second-order valence-electron chi connectivity index (χ2n) is 6.56. The van der Waals surface area contributed by atoms with Gasteiger partial charge in [-0.3, -0.25) is 10.1 Å². The van der Waals surface area contributed by atoms with Crippen LogP contribution in [0.15, 0.2) is 0 Å². The predicted molar refractivity (Wildman–Crippen MR) is 73.2 cm³/mol. The fourth-order valence-electron chi connectivity index (χ4n) is 2.00. The Hall–Kier alpha value is -1.84. The zero-order valence-electron chi connectivity index (χ0n) is 15.7. The molecule has 0 fully saturated rings. The van der Waals surface area contributed by atoms with E-state index < -0.39 is 78.9 Å². The highest BCUT2D eigenvalue weighted by atomic mass is 19.4. The van der Waals surface area contributed by atoms with E-state index in [0.29, 0.717) is 0 Å². The van der Waals surface area contributed by atoms with Gasteiger partial charge in [0.25, 0.3) is 0 Å². The Morgan fingerprint density at radius 3 is 1.23 bits per heavy atom. The van der Waals surface area contributed by atoms with Crippen molar-refractivity contribution in [2.24, 2.45) is 0 Å². The van der Waals surface area contributed by atoms with Crippen LogP contribution in [0.3, 0.4) is 0 Å². The van der Waals surface area contributed by atoms with Crippen molar-refractivity contribution in [2.75, 3.05) is 13.2 Å². The molecule has 35 heavy (non-hydrogen) atoms. The van der Waals surface area contributed by atoms with Crippen LogP contribution in [0.1, 0.15) is 0 Å². The van der Waals surface area contributed by atoms with Gasteiger partial charge in [0.2, 0.25) is 0 Å². The minimum atomic E-state index is -8.80. The lowest BCUT2D eigenvalue weighted by molar-refractivity contribution is -0.464. The van der Waals surface area contributed by atoms with Crippen LogP contribution in [0.25, 0.3) is 0 Å². The summed E-state index contributed by atoms with van der Waals surface area (Å²) in [5, 5.41) is 26.9. The molecule has 210 valence electrons. The van der Waals surface area contributed by atoms with Crippen LogP contribution in [0.2, 0.25) is 0 Å². The lowest BCUT2D eigenvalue weighted by Crippen LogP contribution is -2.75. The molecular formula is C13H10F17NO4. The first-order valence-corrected chi connectivity index (χ1v) is 8.00. The first kappa shape index (κ1) is 33.2. The highest BCUT2D eigenvalue weighted by Gasteiger charge is 2.95. The fraction of sp³-hybridized carbons (Fsp3) is 0.923. The molecule has 0 saturated heterocycles. The SMILES string of the molecule is O=C(O)[C@H](CO)NC[C@H](O)C(F)(F)C(F)(F)C(F)(F)C(F)(F)C(F)(F)C(F)(F)C(F)(F)C(F)(F)F. The molecule has 0 saturated carbocycles. The van der Waals surface area contributed by atoms with E-state index in [1.54, 1.807) is 0 Å². The Balaban J connectivity index is 6.51. The van der Waals surface area contributed by atoms with Crippen LogP contribution >= 0.6 is 0 Å². The predicted octanol–water partition coefficient (Wildman–Crippen LogP) is 3.39. The molecular weight excluding hydrogens is 557 g/mol. The minimum absolute atomic E-state index is 1.09. The van der Waals surface area contributed by atoms with Crippen molar-refractivity contribution < 1.29 is 94.8 Å². The topological polar surface area (TPSA) is 89.8 Å². The minimum Gasteiger partial charge on any atom is -0.480 e. The molecule has 0 radical (unpaired) electrons. The number of carboxylic acid groups (broad SMARTS) is 1. The second kappa shape index (κ2) is 9.23. The van der Waals surface area contributed by atoms with Crippen LogP contribution in [-0.2, 0) is 4.79 Å². The van der Waals surface area contributed by atoms with Crippen LogP contribution in [0.5, 0.6) is 0 Å². The van der Waals surface area contributed by atoms with Crippen LogP contribution in [0.4, 0.5) is 74.6 Å². The Kier molecular flexibility index (Phi) is 8.75. The summed E-state index contributed by atoms with van der Waals surface area (Å²) in [6.07, 6.45) is -12.3. The Labute approximate surface area is 180 Å². The van der Waals surface area contributed by atoms with Crippen molar-refractivity contribution >= 4 is 5.97 Å². The lowest BCUT2D eigenvalue weighted by atomic mass is 9.87. The lowest BCUT2D eigenvalue weighted by Gasteiger charge is -2.43. The summed E-state index contributed by atoms with van der Waals surface area (Å²) in [5.41, 5.74) is 0. The number of carboxylic acids is 1. The van der Waals surface area contributed by atoms with Crippen LogP contribution in [0, 0.1) is 0 Å². The standard InChI is InChI=1S/C13H10F17NO4/c14-6(15,4(33)1-31-3(2-32)5(34)35)7(16,17)8(18,19)9(20,21)10(22,23)11(24,25)12(26,27)13(28,29)30/h3-4,31-33H,1-2H2,(H,34,35)/t3-,4-/m0/s1. The third-order valence-electron chi connectivity index (χ3n) is 4.20. The molecule has 0 aliphatic heterocycles. The van der Waals surface area contributed by atoms with Gasteiger partial charge in [-0.1, -0.05) is 0 Å². The number of rotatable bonds is 12. The molecule has 0 rings (SSSR count). The van der Waals surface area contributed by atoms with Gasteiger partial charge in [0.05, 0.1) is 6.61 Å². The summed E-state index contributed by atoms with van der Waals surface area (Å²) in [7, 11) is 0. The molecule has 0 aliphatic carbocycles. The molecule has 0 amide bonds. The fourth-order valence-corrected chi connectivity index (χ4v) is 2.00. The van der Waals surface area contributed by atoms with Gasteiger partial charge in [-0.15, -0.1) is 0 Å². The first-order valence-electron chi connectivity index (χ1n) is 8.00. The van der Waals surface area contributed by atoms with Crippen LogP contribution < -0.4 is 5.32 Å². The van der Waals surface area contributed by atoms with Crippen molar-refractivity contribution in [3.63, 3.8) is 0 Å². The maximum absolute atomic E-state index is 13.7. The molecule has 5 nitrogen and oxygen atoms in total. The van der Waals surface area contributed by atoms with Gasteiger partial charge in [0.1, 0.15) is 12.1 Å². The van der Waals surface area contributed by atoms with Gasteiger partial charge in [0, 0.05) is 6.54 Å². The quantitative estimate of drug-likeness (QED) is 0.272. The van der Waals surface area contributed by atoms with Gasteiger partial charge >= 0.3 is 53.6 Å².